The molecule has 7 heteroatoms. The summed E-state index contributed by atoms with van der Waals surface area (Å²) in [5.41, 5.74) is 6.11. The molecule has 1 amide bonds. The van der Waals surface area contributed by atoms with Crippen LogP contribution in [-0.4, -0.2) is 47.6 Å². The van der Waals surface area contributed by atoms with E-state index in [1.165, 1.54) is 0 Å². The average Bonchev–Trinajstić information content (AvgIpc) is 3.38. The van der Waals surface area contributed by atoms with E-state index in [0.717, 1.165) is 39.4 Å². The molecule has 0 atom stereocenters. The first-order valence-corrected chi connectivity index (χ1v) is 9.92. The molecular weight excluding hydrogens is 390 g/mol. The van der Waals surface area contributed by atoms with Crippen molar-refractivity contribution in [2.24, 2.45) is 12.0 Å². The predicted octanol–water partition coefficient (Wildman–Crippen LogP) is 3.64. The normalized spacial score (nSPS) is 12.2. The van der Waals surface area contributed by atoms with Crippen LogP contribution in [-0.2, 0) is 13.5 Å². The predicted molar refractivity (Wildman–Crippen MR) is 123 cm³/mol. The molecule has 0 fully saturated rings. The number of aromatic nitrogens is 2. The SMILES string of the molecule is C=C(c1ccc(C(=O)NC2=Nc3c(-c4cnn(C)c4)ccc(OC)c3C2)cc1)N(C)C. The molecule has 7 nitrogen and oxygen atoms in total. The molecule has 0 bridgehead atoms. The first-order chi connectivity index (χ1) is 14.9. The summed E-state index contributed by atoms with van der Waals surface area (Å²) in [7, 11) is 7.39. The highest BCUT2D eigenvalue weighted by molar-refractivity contribution is 6.10. The molecule has 0 unspecified atom stereocenters. The molecule has 31 heavy (non-hydrogen) atoms. The highest BCUT2D eigenvalue weighted by atomic mass is 16.5. The van der Waals surface area contributed by atoms with Gasteiger partial charge in [0.05, 0.1) is 19.0 Å². The first-order valence-electron chi connectivity index (χ1n) is 9.92. The fourth-order valence-electron chi connectivity index (χ4n) is 3.59. The Kier molecular flexibility index (Phi) is 5.33. The number of aryl methyl sites for hydroxylation is 1. The lowest BCUT2D eigenvalue weighted by molar-refractivity contribution is 0.0976. The number of rotatable bonds is 5. The zero-order valence-corrected chi connectivity index (χ0v) is 18.1. The number of methoxy groups -OCH3 is 1. The second-order valence-corrected chi connectivity index (χ2v) is 7.65. The Balaban J connectivity index is 1.58. The van der Waals surface area contributed by atoms with Crippen LogP contribution in [0.3, 0.4) is 0 Å². The van der Waals surface area contributed by atoms with Crippen molar-refractivity contribution in [3.05, 3.63) is 72.1 Å². The molecule has 1 aromatic heterocycles. The summed E-state index contributed by atoms with van der Waals surface area (Å²) >= 11 is 0. The Morgan fingerprint density at radius 1 is 1.16 bits per heavy atom. The fourth-order valence-corrected chi connectivity index (χ4v) is 3.59. The van der Waals surface area contributed by atoms with Gasteiger partial charge in [0.25, 0.3) is 5.91 Å². The molecule has 0 radical (unpaired) electrons. The van der Waals surface area contributed by atoms with Crippen LogP contribution in [0.25, 0.3) is 16.8 Å². The summed E-state index contributed by atoms with van der Waals surface area (Å²) < 4.78 is 7.28. The van der Waals surface area contributed by atoms with Crippen LogP contribution < -0.4 is 10.1 Å². The quantitative estimate of drug-likeness (QED) is 0.691. The fraction of sp³-hybridized carbons (Fsp3) is 0.208. The number of ether oxygens (including phenoxy) is 1. The van der Waals surface area contributed by atoms with Crippen molar-refractivity contribution in [3.8, 4) is 16.9 Å². The average molecular weight is 415 g/mol. The zero-order chi connectivity index (χ0) is 22.1. The zero-order valence-electron chi connectivity index (χ0n) is 18.1. The van der Waals surface area contributed by atoms with E-state index in [9.17, 15) is 4.79 Å². The number of nitrogens with one attached hydrogen (secondary N) is 1. The first kappa shape index (κ1) is 20.4. The molecule has 4 rings (SSSR count). The lowest BCUT2D eigenvalue weighted by atomic mass is 10.0. The number of nitrogens with zero attached hydrogens (tertiary/aromatic N) is 4. The Morgan fingerprint density at radius 3 is 2.48 bits per heavy atom. The topological polar surface area (TPSA) is 71.8 Å². The number of hydrogen-bond donors (Lipinski definition) is 1. The van der Waals surface area contributed by atoms with Gasteiger partial charge in [0.1, 0.15) is 11.6 Å². The van der Waals surface area contributed by atoms with E-state index in [0.29, 0.717) is 17.8 Å². The molecule has 1 N–H and O–H groups in total. The van der Waals surface area contributed by atoms with Gasteiger partial charge in [-0.05, 0) is 29.8 Å². The number of fused-ring (bicyclic) bond motifs is 1. The lowest BCUT2D eigenvalue weighted by Crippen LogP contribution is -2.30. The molecule has 158 valence electrons. The number of carbonyl (C=O) groups is 1. The minimum absolute atomic E-state index is 0.199. The summed E-state index contributed by atoms with van der Waals surface area (Å²) in [6, 6.07) is 11.3. The van der Waals surface area contributed by atoms with E-state index in [4.69, 9.17) is 9.73 Å². The highest BCUT2D eigenvalue weighted by Gasteiger charge is 2.24. The second kappa shape index (κ2) is 8.10. The van der Waals surface area contributed by atoms with E-state index < -0.39 is 0 Å². The molecule has 0 saturated heterocycles. The van der Waals surface area contributed by atoms with Crippen molar-refractivity contribution in [3.63, 3.8) is 0 Å². The Morgan fingerprint density at radius 2 is 1.87 bits per heavy atom. The number of aliphatic imine (C=N–C) groups is 1. The molecule has 0 aliphatic carbocycles. The maximum absolute atomic E-state index is 12.8. The number of amidine groups is 1. The number of carbonyl (C=O) groups excluding carboxylic acids is 1. The molecule has 1 aliphatic rings. The highest BCUT2D eigenvalue weighted by Crippen LogP contribution is 2.41. The monoisotopic (exact) mass is 415 g/mol. The third kappa shape index (κ3) is 3.94. The van der Waals surface area contributed by atoms with E-state index in [2.05, 4.69) is 17.0 Å². The maximum Gasteiger partial charge on any atom is 0.256 e. The molecule has 2 heterocycles. The van der Waals surface area contributed by atoms with Gasteiger partial charge in [-0.1, -0.05) is 18.7 Å². The van der Waals surface area contributed by atoms with E-state index >= 15 is 0 Å². The minimum atomic E-state index is -0.199. The van der Waals surface area contributed by atoms with Crippen molar-refractivity contribution in [1.29, 1.82) is 0 Å². The van der Waals surface area contributed by atoms with E-state index in [1.54, 1.807) is 30.1 Å². The molecule has 0 saturated carbocycles. The molecule has 1 aliphatic heterocycles. The van der Waals surface area contributed by atoms with Gasteiger partial charge in [0, 0.05) is 61.7 Å². The van der Waals surface area contributed by atoms with Crippen molar-refractivity contribution in [2.75, 3.05) is 21.2 Å². The van der Waals surface area contributed by atoms with Crippen LogP contribution in [0.4, 0.5) is 5.69 Å². The number of hydrogen-bond acceptors (Lipinski definition) is 5. The summed E-state index contributed by atoms with van der Waals surface area (Å²) in [4.78, 5) is 19.5. The third-order valence-electron chi connectivity index (χ3n) is 5.34. The molecule has 2 aromatic carbocycles. The molecule has 3 aromatic rings. The summed E-state index contributed by atoms with van der Waals surface area (Å²) in [6.45, 7) is 4.04. The Hall–Kier alpha value is -3.87. The van der Waals surface area contributed by atoms with Gasteiger partial charge in [-0.2, -0.15) is 5.10 Å². The van der Waals surface area contributed by atoms with Crippen LogP contribution in [0.1, 0.15) is 21.5 Å². The van der Waals surface area contributed by atoms with Crippen LogP contribution >= 0.6 is 0 Å². The molecule has 0 spiro atoms. The van der Waals surface area contributed by atoms with Crippen molar-refractivity contribution in [1.82, 2.24) is 20.0 Å². The van der Waals surface area contributed by atoms with Gasteiger partial charge in [0.2, 0.25) is 0 Å². The largest absolute Gasteiger partial charge is 0.496 e. The lowest BCUT2D eigenvalue weighted by Gasteiger charge is -2.16. The van der Waals surface area contributed by atoms with Crippen molar-refractivity contribution >= 4 is 23.1 Å². The van der Waals surface area contributed by atoms with Gasteiger partial charge in [-0.25, -0.2) is 4.99 Å². The minimum Gasteiger partial charge on any atom is -0.496 e. The van der Waals surface area contributed by atoms with E-state index in [1.807, 2.05) is 56.5 Å². The summed E-state index contributed by atoms with van der Waals surface area (Å²) in [6.07, 6.45) is 4.24. The van der Waals surface area contributed by atoms with Crippen molar-refractivity contribution in [2.45, 2.75) is 6.42 Å². The van der Waals surface area contributed by atoms with E-state index in [-0.39, 0.29) is 5.91 Å². The van der Waals surface area contributed by atoms with Crippen molar-refractivity contribution < 1.29 is 9.53 Å². The summed E-state index contributed by atoms with van der Waals surface area (Å²) in [5.74, 6) is 1.15. The van der Waals surface area contributed by atoms with Gasteiger partial charge in [-0.3, -0.25) is 9.48 Å². The number of benzene rings is 2. The Bertz CT molecular complexity index is 1190. The van der Waals surface area contributed by atoms with Gasteiger partial charge < -0.3 is 15.0 Å². The van der Waals surface area contributed by atoms with Gasteiger partial charge >= 0.3 is 0 Å². The van der Waals surface area contributed by atoms with Crippen LogP contribution in [0.5, 0.6) is 5.75 Å². The van der Waals surface area contributed by atoms with Crippen LogP contribution in [0.15, 0.2) is 60.4 Å². The second-order valence-electron chi connectivity index (χ2n) is 7.65. The standard InChI is InChI=1S/C24H25N5O2/c1-15(28(2)3)16-6-8-17(9-7-16)24(30)27-22-12-20-21(31-5)11-10-19(23(20)26-22)18-13-25-29(4)14-18/h6-11,13-14H,1,12H2,2-5H3,(H,26,27,30). The Labute approximate surface area is 181 Å². The maximum atomic E-state index is 12.8. The third-order valence-corrected chi connectivity index (χ3v) is 5.34. The van der Waals surface area contributed by atoms with Gasteiger partial charge in [0.15, 0.2) is 0 Å². The smallest absolute Gasteiger partial charge is 0.256 e. The van der Waals surface area contributed by atoms with Crippen LogP contribution in [0.2, 0.25) is 0 Å². The number of amides is 1. The van der Waals surface area contributed by atoms with Crippen LogP contribution in [0, 0.1) is 0 Å². The molecular formula is C24H25N5O2. The summed E-state index contributed by atoms with van der Waals surface area (Å²) in [5, 5.41) is 7.21. The van der Waals surface area contributed by atoms with Gasteiger partial charge in [-0.15, -0.1) is 0 Å².